The second-order valence-electron chi connectivity index (χ2n) is 5.45. The summed E-state index contributed by atoms with van der Waals surface area (Å²) < 4.78 is 4.72. The lowest BCUT2D eigenvalue weighted by Gasteiger charge is -2.21. The van der Waals surface area contributed by atoms with Crippen molar-refractivity contribution in [3.63, 3.8) is 0 Å². The summed E-state index contributed by atoms with van der Waals surface area (Å²) in [6, 6.07) is 8.38. The Morgan fingerprint density at radius 1 is 1.30 bits per heavy atom. The third kappa shape index (κ3) is 4.29. The van der Waals surface area contributed by atoms with E-state index in [1.807, 2.05) is 30.3 Å². The zero-order valence-corrected chi connectivity index (χ0v) is 13.0. The topological polar surface area (TPSA) is 102 Å². The molecule has 7 nitrogen and oxygen atoms in total. The number of nitrogens with two attached hydrogens (primary N) is 1. The Balaban J connectivity index is 1.97. The highest BCUT2D eigenvalue weighted by atomic mass is 16.5. The number of likely N-dealkylation sites (tertiary alicyclic amines) is 1. The number of ether oxygens (including phenoxy) is 1. The standard InChI is InChI=1S/C16H21N3O4/c1-23-16(22)13-8-12(10-19(13)15(21)9-17)18-14(20)7-11-5-3-2-4-6-11/h2-6,12-13H,7-10,17H2,1H3,(H,18,20)/t12-,13+/m1/s1. The number of nitrogens with one attached hydrogen (secondary N) is 1. The van der Waals surface area contributed by atoms with Gasteiger partial charge in [-0.2, -0.15) is 0 Å². The van der Waals surface area contributed by atoms with Gasteiger partial charge in [-0.1, -0.05) is 30.3 Å². The summed E-state index contributed by atoms with van der Waals surface area (Å²) in [6.45, 7) is 0.0779. The van der Waals surface area contributed by atoms with Crippen molar-refractivity contribution in [1.29, 1.82) is 0 Å². The van der Waals surface area contributed by atoms with Crippen molar-refractivity contribution in [2.24, 2.45) is 5.73 Å². The van der Waals surface area contributed by atoms with Crippen LogP contribution < -0.4 is 11.1 Å². The molecule has 2 atom stereocenters. The van der Waals surface area contributed by atoms with E-state index < -0.39 is 12.0 Å². The first kappa shape index (κ1) is 17.0. The second kappa shape index (κ2) is 7.73. The van der Waals surface area contributed by atoms with Gasteiger partial charge in [-0.25, -0.2) is 4.79 Å². The molecule has 1 aliphatic heterocycles. The Bertz CT molecular complexity index is 552. The zero-order chi connectivity index (χ0) is 16.8. The lowest BCUT2D eigenvalue weighted by Crippen LogP contribution is -2.44. The average Bonchev–Trinajstić information content (AvgIpc) is 2.97. The summed E-state index contributed by atoms with van der Waals surface area (Å²) in [5.41, 5.74) is 6.28. The summed E-state index contributed by atoms with van der Waals surface area (Å²) >= 11 is 0. The van der Waals surface area contributed by atoms with Crippen molar-refractivity contribution >= 4 is 17.8 Å². The molecular weight excluding hydrogens is 298 g/mol. The monoisotopic (exact) mass is 319 g/mol. The van der Waals surface area contributed by atoms with Gasteiger partial charge < -0.3 is 20.7 Å². The van der Waals surface area contributed by atoms with Gasteiger partial charge in [0.2, 0.25) is 11.8 Å². The normalized spacial score (nSPS) is 20.2. The molecule has 2 amide bonds. The third-order valence-corrected chi connectivity index (χ3v) is 3.84. The van der Waals surface area contributed by atoms with Gasteiger partial charge in [-0.05, 0) is 5.56 Å². The quantitative estimate of drug-likeness (QED) is 0.709. The van der Waals surface area contributed by atoms with Gasteiger partial charge in [0.25, 0.3) is 0 Å². The number of carbonyl (C=O) groups excluding carboxylic acids is 3. The van der Waals surface area contributed by atoms with Crippen LogP contribution in [0.25, 0.3) is 0 Å². The van der Waals surface area contributed by atoms with Crippen molar-refractivity contribution in [3.8, 4) is 0 Å². The fourth-order valence-electron chi connectivity index (χ4n) is 2.75. The molecule has 3 N–H and O–H groups in total. The van der Waals surface area contributed by atoms with Gasteiger partial charge >= 0.3 is 5.97 Å². The van der Waals surface area contributed by atoms with Gasteiger partial charge in [0.05, 0.1) is 20.1 Å². The summed E-state index contributed by atoms with van der Waals surface area (Å²) in [7, 11) is 1.27. The van der Waals surface area contributed by atoms with Crippen LogP contribution in [0.3, 0.4) is 0 Å². The Labute approximate surface area is 134 Å². The van der Waals surface area contributed by atoms with E-state index in [-0.39, 0.29) is 37.4 Å². The molecule has 0 bridgehead atoms. The molecule has 0 spiro atoms. The van der Waals surface area contributed by atoms with Crippen LogP contribution in [-0.2, 0) is 25.5 Å². The zero-order valence-electron chi connectivity index (χ0n) is 13.0. The average molecular weight is 319 g/mol. The van der Waals surface area contributed by atoms with E-state index in [0.29, 0.717) is 6.42 Å². The molecule has 0 saturated carbocycles. The van der Waals surface area contributed by atoms with Crippen molar-refractivity contribution in [2.45, 2.75) is 24.9 Å². The molecule has 1 aromatic rings. The molecule has 1 aliphatic rings. The summed E-state index contributed by atoms with van der Waals surface area (Å²) in [4.78, 5) is 37.1. The van der Waals surface area contributed by atoms with Crippen molar-refractivity contribution in [1.82, 2.24) is 10.2 Å². The van der Waals surface area contributed by atoms with Crippen LogP contribution in [0.4, 0.5) is 0 Å². The maximum absolute atomic E-state index is 12.1. The van der Waals surface area contributed by atoms with Crippen molar-refractivity contribution in [2.75, 3.05) is 20.2 Å². The highest BCUT2D eigenvalue weighted by Gasteiger charge is 2.40. The predicted molar refractivity (Wildman–Crippen MR) is 83.3 cm³/mol. The van der Waals surface area contributed by atoms with E-state index in [2.05, 4.69) is 5.32 Å². The highest BCUT2D eigenvalue weighted by molar-refractivity contribution is 5.86. The van der Waals surface area contributed by atoms with Crippen LogP contribution in [0.1, 0.15) is 12.0 Å². The van der Waals surface area contributed by atoms with Gasteiger partial charge in [0.1, 0.15) is 6.04 Å². The van der Waals surface area contributed by atoms with Crippen LogP contribution >= 0.6 is 0 Å². The highest BCUT2D eigenvalue weighted by Crippen LogP contribution is 2.19. The van der Waals surface area contributed by atoms with Crippen LogP contribution in [-0.4, -0.2) is 55.0 Å². The molecule has 124 valence electrons. The molecule has 7 heteroatoms. The Kier molecular flexibility index (Phi) is 5.70. The van der Waals surface area contributed by atoms with Gasteiger partial charge in [0.15, 0.2) is 0 Å². The second-order valence-corrected chi connectivity index (χ2v) is 5.45. The molecule has 1 fully saturated rings. The molecule has 23 heavy (non-hydrogen) atoms. The van der Waals surface area contributed by atoms with Crippen molar-refractivity contribution in [3.05, 3.63) is 35.9 Å². The molecule has 0 radical (unpaired) electrons. The third-order valence-electron chi connectivity index (χ3n) is 3.84. The lowest BCUT2D eigenvalue weighted by molar-refractivity contribution is -0.150. The fourth-order valence-corrected chi connectivity index (χ4v) is 2.75. The van der Waals surface area contributed by atoms with Crippen LogP contribution in [0, 0.1) is 0 Å². The number of hydrogen-bond donors (Lipinski definition) is 2. The van der Waals surface area contributed by atoms with Gasteiger partial charge in [-0.3, -0.25) is 9.59 Å². The van der Waals surface area contributed by atoms with E-state index >= 15 is 0 Å². The number of hydrogen-bond acceptors (Lipinski definition) is 5. The number of methoxy groups -OCH3 is 1. The molecular formula is C16H21N3O4. The number of nitrogens with zero attached hydrogens (tertiary/aromatic N) is 1. The minimum Gasteiger partial charge on any atom is -0.467 e. The Morgan fingerprint density at radius 3 is 2.61 bits per heavy atom. The van der Waals surface area contributed by atoms with Crippen molar-refractivity contribution < 1.29 is 19.1 Å². The first-order valence-corrected chi connectivity index (χ1v) is 7.45. The fraction of sp³-hybridized carbons (Fsp3) is 0.438. The first-order valence-electron chi connectivity index (χ1n) is 7.45. The molecule has 0 unspecified atom stereocenters. The number of carbonyl (C=O) groups is 3. The molecule has 0 aliphatic carbocycles. The SMILES string of the molecule is COC(=O)[C@@H]1C[C@@H](NC(=O)Cc2ccccc2)CN1C(=O)CN. The number of amides is 2. The lowest BCUT2D eigenvalue weighted by atomic mass is 10.1. The van der Waals surface area contributed by atoms with E-state index in [0.717, 1.165) is 5.56 Å². The first-order chi connectivity index (χ1) is 11.0. The Morgan fingerprint density at radius 2 is 2.00 bits per heavy atom. The number of rotatable bonds is 5. The summed E-state index contributed by atoms with van der Waals surface area (Å²) in [6.07, 6.45) is 0.587. The smallest absolute Gasteiger partial charge is 0.328 e. The molecule has 0 aromatic heterocycles. The minimum absolute atomic E-state index is 0.146. The molecule has 2 rings (SSSR count). The van der Waals surface area contributed by atoms with Crippen LogP contribution in [0.2, 0.25) is 0 Å². The predicted octanol–water partition coefficient (Wildman–Crippen LogP) is -0.553. The van der Waals surface area contributed by atoms with Gasteiger partial charge in [0, 0.05) is 19.0 Å². The number of esters is 1. The minimum atomic E-state index is -0.696. The maximum atomic E-state index is 12.1. The maximum Gasteiger partial charge on any atom is 0.328 e. The van der Waals surface area contributed by atoms with E-state index in [4.69, 9.17) is 10.5 Å². The number of benzene rings is 1. The summed E-state index contributed by atoms with van der Waals surface area (Å²) in [5.74, 6) is -0.973. The summed E-state index contributed by atoms with van der Waals surface area (Å²) in [5, 5.41) is 2.86. The Hall–Kier alpha value is -2.41. The van der Waals surface area contributed by atoms with Crippen LogP contribution in [0.5, 0.6) is 0 Å². The van der Waals surface area contributed by atoms with Crippen LogP contribution in [0.15, 0.2) is 30.3 Å². The molecule has 1 heterocycles. The molecule has 1 aromatic carbocycles. The van der Waals surface area contributed by atoms with Gasteiger partial charge in [-0.15, -0.1) is 0 Å². The van der Waals surface area contributed by atoms with E-state index in [1.165, 1.54) is 12.0 Å². The largest absolute Gasteiger partial charge is 0.467 e. The van der Waals surface area contributed by atoms with E-state index in [1.54, 1.807) is 0 Å². The van der Waals surface area contributed by atoms with E-state index in [9.17, 15) is 14.4 Å². The molecule has 1 saturated heterocycles.